The molecule has 0 aliphatic heterocycles. The van der Waals surface area contributed by atoms with Crippen LogP contribution < -0.4 is 4.74 Å². The lowest BCUT2D eigenvalue weighted by atomic mass is 10.0. The highest BCUT2D eigenvalue weighted by atomic mass is 35.5. The third-order valence-electron chi connectivity index (χ3n) is 4.12. The number of nitrogens with zero attached hydrogens (tertiary/aromatic N) is 1. The molecular formula is C19H20ClNO3S. The van der Waals surface area contributed by atoms with Gasteiger partial charge in [0.15, 0.2) is 0 Å². The zero-order valence-electron chi connectivity index (χ0n) is 13.8. The molecule has 0 radical (unpaired) electrons. The van der Waals surface area contributed by atoms with E-state index >= 15 is 0 Å². The number of halogens is 1. The van der Waals surface area contributed by atoms with Gasteiger partial charge in [-0.3, -0.25) is 4.79 Å². The van der Waals surface area contributed by atoms with Gasteiger partial charge in [0.25, 0.3) is 0 Å². The minimum Gasteiger partial charge on any atom is -0.486 e. The maximum absolute atomic E-state index is 10.6. The first-order valence-corrected chi connectivity index (χ1v) is 9.61. The van der Waals surface area contributed by atoms with E-state index in [2.05, 4.69) is 4.98 Å². The van der Waals surface area contributed by atoms with Gasteiger partial charge in [-0.2, -0.15) is 0 Å². The van der Waals surface area contributed by atoms with Crippen molar-refractivity contribution in [3.63, 3.8) is 0 Å². The Morgan fingerprint density at radius 3 is 2.84 bits per heavy atom. The predicted molar refractivity (Wildman–Crippen MR) is 99.5 cm³/mol. The summed E-state index contributed by atoms with van der Waals surface area (Å²) < 4.78 is 5.78. The van der Waals surface area contributed by atoms with Gasteiger partial charge in [0.05, 0.1) is 15.7 Å². The van der Waals surface area contributed by atoms with E-state index in [0.29, 0.717) is 29.0 Å². The van der Waals surface area contributed by atoms with Gasteiger partial charge < -0.3 is 9.84 Å². The molecular weight excluding hydrogens is 358 g/mol. The second kappa shape index (κ2) is 8.59. The number of carboxylic acid groups (broad SMARTS) is 1. The summed E-state index contributed by atoms with van der Waals surface area (Å²) in [6.45, 7) is 0.354. The van der Waals surface area contributed by atoms with Gasteiger partial charge >= 0.3 is 5.97 Å². The third-order valence-corrected chi connectivity index (χ3v) is 5.69. The van der Waals surface area contributed by atoms with Crippen molar-refractivity contribution < 1.29 is 14.6 Å². The lowest BCUT2D eigenvalue weighted by Crippen LogP contribution is -2.13. The van der Waals surface area contributed by atoms with Crippen molar-refractivity contribution in [1.29, 1.82) is 0 Å². The van der Waals surface area contributed by atoms with Gasteiger partial charge in [-0.15, -0.1) is 11.8 Å². The fraction of sp³-hybridized carbons (Fsp3) is 0.368. The van der Waals surface area contributed by atoms with E-state index < -0.39 is 5.97 Å². The molecule has 1 aliphatic carbocycles. The third kappa shape index (κ3) is 5.38. The smallest absolute Gasteiger partial charge is 0.303 e. The van der Waals surface area contributed by atoms with Crippen LogP contribution in [0.3, 0.4) is 0 Å². The molecule has 1 aromatic heterocycles. The molecule has 1 aromatic carbocycles. The topological polar surface area (TPSA) is 59.4 Å². The van der Waals surface area contributed by atoms with Crippen LogP contribution in [0.2, 0.25) is 5.02 Å². The fourth-order valence-corrected chi connectivity index (χ4v) is 3.98. The molecule has 25 heavy (non-hydrogen) atoms. The fourth-order valence-electron chi connectivity index (χ4n) is 2.48. The molecule has 0 unspecified atom stereocenters. The first kappa shape index (κ1) is 18.1. The number of aryl methyl sites for hydroxylation is 1. The van der Waals surface area contributed by atoms with Crippen LogP contribution in [0.1, 0.15) is 36.9 Å². The molecule has 132 valence electrons. The zero-order chi connectivity index (χ0) is 17.6. The average molecular weight is 378 g/mol. The molecule has 1 heterocycles. The Bertz CT molecular complexity index is 749. The predicted octanol–water partition coefficient (Wildman–Crippen LogP) is 4.98. The van der Waals surface area contributed by atoms with E-state index in [1.165, 1.54) is 19.3 Å². The molecule has 3 rings (SSSR count). The summed E-state index contributed by atoms with van der Waals surface area (Å²) >= 11 is 8.08. The maximum atomic E-state index is 10.6. The summed E-state index contributed by atoms with van der Waals surface area (Å²) in [6.07, 6.45) is 4.42. The molecule has 1 fully saturated rings. The van der Waals surface area contributed by atoms with Crippen LogP contribution >= 0.6 is 23.4 Å². The molecule has 0 amide bonds. The minimum atomic E-state index is -0.817. The highest BCUT2D eigenvalue weighted by Crippen LogP contribution is 2.35. The summed E-state index contributed by atoms with van der Waals surface area (Å²) in [7, 11) is 0. The normalized spacial score (nSPS) is 14.1. The minimum absolute atomic E-state index is 0.0892. The second-order valence-corrected chi connectivity index (χ2v) is 7.81. The number of carboxylic acids is 1. The Morgan fingerprint density at radius 1 is 1.32 bits per heavy atom. The molecule has 0 saturated heterocycles. The first-order chi connectivity index (χ1) is 12.1. The molecule has 0 bridgehead atoms. The Morgan fingerprint density at radius 2 is 2.16 bits per heavy atom. The van der Waals surface area contributed by atoms with E-state index in [1.807, 2.05) is 36.0 Å². The molecule has 1 aliphatic rings. The highest BCUT2D eigenvalue weighted by molar-refractivity contribution is 7.99. The van der Waals surface area contributed by atoms with Crippen molar-refractivity contribution in [3.8, 4) is 5.75 Å². The van der Waals surface area contributed by atoms with Gasteiger partial charge in [0.2, 0.25) is 0 Å². The summed E-state index contributed by atoms with van der Waals surface area (Å²) in [5.41, 5.74) is 1.76. The molecule has 0 atom stereocenters. The lowest BCUT2D eigenvalue weighted by molar-refractivity contribution is -0.136. The Balaban J connectivity index is 1.57. The summed E-state index contributed by atoms with van der Waals surface area (Å²) in [5.74, 6) is -0.234. The van der Waals surface area contributed by atoms with E-state index in [-0.39, 0.29) is 6.42 Å². The standard InChI is InChI=1S/C19H20ClNO3S/c20-16-11-13(8-10-19(22)23)7-9-17(16)24-12-14-3-1-6-18(21-14)25-15-4-2-5-15/h1,3,6-7,9,11,15H,2,4-5,8,10,12H2,(H,22,23). The molecule has 1 saturated carbocycles. The number of hydrogen-bond donors (Lipinski definition) is 1. The SMILES string of the molecule is O=C(O)CCc1ccc(OCc2cccc(SC3CCC3)n2)c(Cl)c1. The summed E-state index contributed by atoms with van der Waals surface area (Å²) in [6, 6.07) is 11.4. The van der Waals surface area contributed by atoms with Crippen molar-refractivity contribution in [3.05, 3.63) is 52.7 Å². The quantitative estimate of drug-likeness (QED) is 0.703. The van der Waals surface area contributed by atoms with Crippen molar-refractivity contribution in [2.75, 3.05) is 0 Å². The zero-order valence-corrected chi connectivity index (χ0v) is 15.4. The van der Waals surface area contributed by atoms with Gasteiger partial charge in [-0.25, -0.2) is 4.98 Å². The second-order valence-electron chi connectivity index (χ2n) is 6.09. The number of thioether (sulfide) groups is 1. The Kier molecular flexibility index (Phi) is 6.21. The van der Waals surface area contributed by atoms with E-state index in [9.17, 15) is 4.79 Å². The van der Waals surface area contributed by atoms with Gasteiger partial charge in [-0.05, 0) is 49.1 Å². The van der Waals surface area contributed by atoms with Crippen LogP contribution in [0.5, 0.6) is 5.75 Å². The van der Waals surface area contributed by atoms with Crippen LogP contribution in [0.15, 0.2) is 41.4 Å². The Labute approximate surface area is 156 Å². The van der Waals surface area contributed by atoms with Crippen molar-refractivity contribution in [2.24, 2.45) is 0 Å². The number of ether oxygens (including phenoxy) is 1. The number of benzene rings is 1. The monoisotopic (exact) mass is 377 g/mol. The molecule has 4 nitrogen and oxygen atoms in total. The number of aliphatic carboxylic acids is 1. The van der Waals surface area contributed by atoms with Crippen LogP contribution in [0.25, 0.3) is 0 Å². The number of aromatic nitrogens is 1. The van der Waals surface area contributed by atoms with Crippen LogP contribution in [0.4, 0.5) is 0 Å². The van der Waals surface area contributed by atoms with Gasteiger partial charge in [0, 0.05) is 11.7 Å². The van der Waals surface area contributed by atoms with E-state index in [1.54, 1.807) is 12.1 Å². The number of pyridine rings is 1. The van der Waals surface area contributed by atoms with Crippen LogP contribution in [-0.4, -0.2) is 21.3 Å². The van der Waals surface area contributed by atoms with E-state index in [4.69, 9.17) is 21.4 Å². The average Bonchev–Trinajstić information content (AvgIpc) is 2.56. The first-order valence-electron chi connectivity index (χ1n) is 8.36. The maximum Gasteiger partial charge on any atom is 0.303 e. The molecule has 0 spiro atoms. The number of hydrogen-bond acceptors (Lipinski definition) is 4. The van der Waals surface area contributed by atoms with Crippen molar-refractivity contribution >= 4 is 29.3 Å². The van der Waals surface area contributed by atoms with Gasteiger partial charge in [0.1, 0.15) is 12.4 Å². The lowest BCUT2D eigenvalue weighted by Gasteiger charge is -2.24. The van der Waals surface area contributed by atoms with Crippen molar-refractivity contribution in [1.82, 2.24) is 4.98 Å². The van der Waals surface area contributed by atoms with Gasteiger partial charge in [-0.1, -0.05) is 30.2 Å². The molecule has 6 heteroatoms. The van der Waals surface area contributed by atoms with E-state index in [0.717, 1.165) is 16.3 Å². The highest BCUT2D eigenvalue weighted by Gasteiger charge is 2.19. The van der Waals surface area contributed by atoms with Crippen LogP contribution in [0, 0.1) is 0 Å². The number of rotatable bonds is 8. The summed E-state index contributed by atoms with van der Waals surface area (Å²) in [4.78, 5) is 15.3. The van der Waals surface area contributed by atoms with Crippen molar-refractivity contribution in [2.45, 2.75) is 49.0 Å². The van der Waals surface area contributed by atoms with Crippen LogP contribution in [-0.2, 0) is 17.8 Å². The molecule has 2 aromatic rings. The Hall–Kier alpha value is -1.72. The largest absolute Gasteiger partial charge is 0.486 e. The molecule has 1 N–H and O–H groups in total. The summed E-state index contributed by atoms with van der Waals surface area (Å²) in [5, 5.41) is 11.0. The number of carbonyl (C=O) groups is 1.